The summed E-state index contributed by atoms with van der Waals surface area (Å²) in [5, 5.41) is 0.689. The van der Waals surface area contributed by atoms with Gasteiger partial charge in [-0.2, -0.15) is 0 Å². The van der Waals surface area contributed by atoms with E-state index >= 15 is 0 Å². The van der Waals surface area contributed by atoms with Gasteiger partial charge < -0.3 is 4.90 Å². The van der Waals surface area contributed by atoms with Crippen LogP contribution in [0.1, 0.15) is 56.3 Å². The lowest BCUT2D eigenvalue weighted by Crippen LogP contribution is -2.56. The molecule has 4 rings (SSSR count). The molecule has 0 bridgehead atoms. The highest BCUT2D eigenvalue weighted by Gasteiger charge is 2.49. The second-order valence-electron chi connectivity index (χ2n) is 9.44. The number of amides is 1. The second-order valence-corrected chi connectivity index (χ2v) is 11.1. The number of carbonyl (C=O) groups is 1. The van der Waals surface area contributed by atoms with Gasteiger partial charge >= 0.3 is 0 Å². The van der Waals surface area contributed by atoms with E-state index in [9.17, 15) is 9.00 Å². The molecule has 2 fully saturated rings. The lowest BCUT2D eigenvalue weighted by atomic mass is 9.74. The molecular weight excluding hydrogens is 454 g/mol. The van der Waals surface area contributed by atoms with Gasteiger partial charge in [-0.15, -0.1) is 6.58 Å². The summed E-state index contributed by atoms with van der Waals surface area (Å²) in [6.07, 6.45) is 8.11. The van der Waals surface area contributed by atoms with Crippen LogP contribution in [0.4, 0.5) is 0 Å². The number of nitrogens with one attached hydrogen (secondary N) is 1. The van der Waals surface area contributed by atoms with Crippen molar-refractivity contribution in [1.82, 2.24) is 14.6 Å². The molecule has 1 aliphatic carbocycles. The van der Waals surface area contributed by atoms with Crippen LogP contribution in [0.5, 0.6) is 0 Å². The standard InChI is InChI=1S/C26H32ClN3O2S/c1-3-14-26(2)15-13-23(19-9-11-21(27)12-10-19)30(25(26)31)24(20-7-8-20)17-29-33(32)18-22-6-4-5-16-28-22/h3-6,9-12,16,20,23-24,29H,1,7-8,13-15,17-18H2,2H3/t23-,24?,26-,33?/m0/s1. The summed E-state index contributed by atoms with van der Waals surface area (Å²) >= 11 is 6.14. The normalized spacial score (nSPS) is 25.0. The average Bonchev–Trinajstić information content (AvgIpc) is 3.64. The number of hydrogen-bond donors (Lipinski definition) is 1. The molecule has 33 heavy (non-hydrogen) atoms. The van der Waals surface area contributed by atoms with Crippen LogP contribution >= 0.6 is 11.6 Å². The predicted octanol–water partition coefficient (Wildman–Crippen LogP) is 5.21. The largest absolute Gasteiger partial charge is 0.331 e. The van der Waals surface area contributed by atoms with Crippen molar-refractivity contribution in [3.8, 4) is 0 Å². The van der Waals surface area contributed by atoms with E-state index in [1.807, 2.05) is 48.5 Å². The lowest BCUT2D eigenvalue weighted by Gasteiger charge is -2.48. The highest BCUT2D eigenvalue weighted by Crippen LogP contribution is 2.47. The minimum absolute atomic E-state index is 0.00435. The molecule has 2 aliphatic rings. The molecule has 176 valence electrons. The third kappa shape index (κ3) is 5.73. The maximum atomic E-state index is 13.9. The Bertz CT molecular complexity index is 996. The number of carbonyl (C=O) groups excluding carboxylic acids is 1. The molecule has 2 aromatic rings. The molecule has 1 N–H and O–H groups in total. The zero-order valence-electron chi connectivity index (χ0n) is 19.1. The Labute approximate surface area is 204 Å². The minimum atomic E-state index is -1.26. The topological polar surface area (TPSA) is 62.3 Å². The molecule has 7 heteroatoms. The van der Waals surface area contributed by atoms with Crippen LogP contribution in [-0.2, 0) is 21.5 Å². The first-order valence-corrected chi connectivity index (χ1v) is 13.3. The van der Waals surface area contributed by atoms with E-state index in [0.717, 1.165) is 36.9 Å². The molecule has 4 atom stereocenters. The first-order valence-electron chi connectivity index (χ1n) is 11.6. The van der Waals surface area contributed by atoms with Gasteiger partial charge in [0.1, 0.15) is 0 Å². The van der Waals surface area contributed by atoms with E-state index in [1.165, 1.54) is 0 Å². The summed E-state index contributed by atoms with van der Waals surface area (Å²) in [6, 6.07) is 13.5. The SMILES string of the molecule is C=CC[C@@]1(C)CC[C@@H](c2ccc(Cl)cc2)N(C(CNS(=O)Cc2ccccn2)C2CC2)C1=O. The van der Waals surface area contributed by atoms with E-state index in [4.69, 9.17) is 11.6 Å². The number of piperidine rings is 1. The van der Waals surface area contributed by atoms with Crippen molar-refractivity contribution in [1.29, 1.82) is 0 Å². The van der Waals surface area contributed by atoms with Crippen molar-refractivity contribution in [2.24, 2.45) is 11.3 Å². The maximum Gasteiger partial charge on any atom is 0.229 e. The molecule has 2 heterocycles. The predicted molar refractivity (Wildman–Crippen MR) is 134 cm³/mol. The van der Waals surface area contributed by atoms with Gasteiger partial charge in [-0.3, -0.25) is 9.78 Å². The van der Waals surface area contributed by atoms with Crippen LogP contribution in [0, 0.1) is 11.3 Å². The van der Waals surface area contributed by atoms with Crippen LogP contribution in [-0.4, -0.2) is 32.6 Å². The van der Waals surface area contributed by atoms with E-state index in [-0.39, 0.29) is 18.0 Å². The molecular formula is C26H32ClN3O2S. The van der Waals surface area contributed by atoms with Crippen molar-refractivity contribution in [3.05, 3.63) is 77.6 Å². The van der Waals surface area contributed by atoms with E-state index in [1.54, 1.807) is 6.20 Å². The van der Waals surface area contributed by atoms with Gasteiger partial charge in [-0.25, -0.2) is 8.93 Å². The van der Waals surface area contributed by atoms with Crippen molar-refractivity contribution in [2.45, 2.75) is 56.9 Å². The number of halogens is 1. The van der Waals surface area contributed by atoms with Crippen molar-refractivity contribution >= 4 is 28.5 Å². The van der Waals surface area contributed by atoms with Crippen LogP contribution in [0.25, 0.3) is 0 Å². The number of rotatable bonds is 10. The van der Waals surface area contributed by atoms with Crippen molar-refractivity contribution in [3.63, 3.8) is 0 Å². The van der Waals surface area contributed by atoms with Crippen LogP contribution in [0.2, 0.25) is 5.02 Å². The van der Waals surface area contributed by atoms with E-state index < -0.39 is 16.4 Å². The van der Waals surface area contributed by atoms with Gasteiger partial charge in [0.2, 0.25) is 5.91 Å². The number of aromatic nitrogens is 1. The Balaban J connectivity index is 1.57. The number of hydrogen-bond acceptors (Lipinski definition) is 3. The smallest absolute Gasteiger partial charge is 0.229 e. The number of likely N-dealkylation sites (tertiary alicyclic amines) is 1. The van der Waals surface area contributed by atoms with Crippen molar-refractivity contribution < 1.29 is 9.00 Å². The number of pyridine rings is 1. The third-order valence-electron chi connectivity index (χ3n) is 6.89. The Hall–Kier alpha value is -2.02. The summed E-state index contributed by atoms with van der Waals surface area (Å²) in [5.74, 6) is 0.943. The molecule has 1 aromatic heterocycles. The van der Waals surface area contributed by atoms with Gasteiger partial charge in [0.15, 0.2) is 0 Å². The van der Waals surface area contributed by atoms with Gasteiger partial charge in [0.25, 0.3) is 0 Å². The first-order chi connectivity index (χ1) is 15.9. The second kappa shape index (κ2) is 10.5. The maximum absolute atomic E-state index is 13.9. The van der Waals surface area contributed by atoms with Gasteiger partial charge in [-0.1, -0.05) is 42.8 Å². The Kier molecular flexibility index (Phi) is 7.67. The van der Waals surface area contributed by atoms with E-state index in [0.29, 0.717) is 29.7 Å². The fraction of sp³-hybridized carbons (Fsp3) is 0.462. The third-order valence-corrected chi connectivity index (χ3v) is 8.19. The van der Waals surface area contributed by atoms with Crippen LogP contribution in [0.15, 0.2) is 61.3 Å². The van der Waals surface area contributed by atoms with Crippen molar-refractivity contribution in [2.75, 3.05) is 6.54 Å². The molecule has 0 spiro atoms. The molecule has 1 amide bonds. The molecule has 1 saturated heterocycles. The highest BCUT2D eigenvalue weighted by atomic mass is 35.5. The summed E-state index contributed by atoms with van der Waals surface area (Å²) < 4.78 is 16.0. The fourth-order valence-corrected chi connectivity index (χ4v) is 5.90. The number of nitrogens with zero attached hydrogens (tertiary/aromatic N) is 2. The molecule has 1 aromatic carbocycles. The Morgan fingerprint density at radius 3 is 2.67 bits per heavy atom. The molecule has 1 aliphatic heterocycles. The minimum Gasteiger partial charge on any atom is -0.331 e. The number of allylic oxidation sites excluding steroid dienone is 1. The quantitative estimate of drug-likeness (QED) is 0.470. The monoisotopic (exact) mass is 485 g/mol. The molecule has 5 nitrogen and oxygen atoms in total. The van der Waals surface area contributed by atoms with E-state index in [2.05, 4.69) is 28.1 Å². The van der Waals surface area contributed by atoms with Gasteiger partial charge in [0.05, 0.1) is 33.9 Å². The fourth-order valence-electron chi connectivity index (χ4n) is 4.88. The highest BCUT2D eigenvalue weighted by molar-refractivity contribution is 7.82. The van der Waals surface area contributed by atoms with Crippen LogP contribution in [0.3, 0.4) is 0 Å². The summed E-state index contributed by atoms with van der Waals surface area (Å²) in [5.41, 5.74) is 1.44. The lowest BCUT2D eigenvalue weighted by molar-refractivity contribution is -0.153. The zero-order chi connectivity index (χ0) is 23.4. The summed E-state index contributed by atoms with van der Waals surface area (Å²) in [6.45, 7) is 6.45. The first kappa shape index (κ1) is 24.1. The Morgan fingerprint density at radius 1 is 1.27 bits per heavy atom. The zero-order valence-corrected chi connectivity index (χ0v) is 20.7. The van der Waals surface area contributed by atoms with Crippen LogP contribution < -0.4 is 4.72 Å². The molecule has 1 saturated carbocycles. The summed E-state index contributed by atoms with van der Waals surface area (Å²) in [4.78, 5) is 20.3. The van der Waals surface area contributed by atoms with Gasteiger partial charge in [0, 0.05) is 23.8 Å². The molecule has 2 unspecified atom stereocenters. The van der Waals surface area contributed by atoms with Gasteiger partial charge in [-0.05, 0) is 67.9 Å². The molecule has 0 radical (unpaired) electrons. The Morgan fingerprint density at radius 2 is 2.03 bits per heavy atom. The average molecular weight is 486 g/mol. The summed E-state index contributed by atoms with van der Waals surface area (Å²) in [7, 11) is -1.26. The number of benzene rings is 1.